The van der Waals surface area contributed by atoms with Crippen LogP contribution in [0.3, 0.4) is 0 Å². The normalized spacial score (nSPS) is 29.0. The molecule has 0 aromatic heterocycles. The number of rotatable bonds is 53. The highest BCUT2D eigenvalue weighted by Gasteiger charge is 2.53. The number of hydrogen-bond acceptors (Lipinski definition) is 18. The first kappa shape index (κ1) is 77.8. The molecule has 3 rings (SSSR count). The Kier molecular flexibility index (Phi) is 45.1. The zero-order valence-corrected chi connectivity index (χ0v) is 52.9. The molecular weight excluding hydrogens is 1090 g/mol. The second kappa shape index (κ2) is 49.3. The van der Waals surface area contributed by atoms with Crippen molar-refractivity contribution in [2.45, 2.75) is 375 Å². The van der Waals surface area contributed by atoms with Gasteiger partial charge >= 0.3 is 0 Å². The van der Waals surface area contributed by atoms with E-state index in [0.29, 0.717) is 6.42 Å². The van der Waals surface area contributed by atoms with Gasteiger partial charge in [0, 0.05) is 6.42 Å². The lowest BCUT2D eigenvalue weighted by atomic mass is 9.96. The van der Waals surface area contributed by atoms with Crippen molar-refractivity contribution in [1.82, 2.24) is 5.32 Å². The average Bonchev–Trinajstić information content (AvgIpc) is 3.10. The lowest BCUT2D eigenvalue weighted by Crippen LogP contribution is -2.66. The van der Waals surface area contributed by atoms with Crippen LogP contribution in [-0.4, -0.2) is 193 Å². The van der Waals surface area contributed by atoms with Gasteiger partial charge < -0.3 is 89.9 Å². The van der Waals surface area contributed by atoms with Gasteiger partial charge in [0.05, 0.1) is 38.6 Å². The van der Waals surface area contributed by atoms with Gasteiger partial charge in [-0.05, 0) is 19.3 Å². The summed E-state index contributed by atoms with van der Waals surface area (Å²) in [5.41, 5.74) is 0. The summed E-state index contributed by atoms with van der Waals surface area (Å²) in [5.74, 6) is -0.269. The maximum absolute atomic E-state index is 13.4. The Morgan fingerprint density at radius 1 is 0.412 bits per heavy atom. The molecule has 0 radical (unpaired) electrons. The van der Waals surface area contributed by atoms with E-state index in [1.807, 2.05) is 6.08 Å². The molecule has 3 fully saturated rings. The summed E-state index contributed by atoms with van der Waals surface area (Å²) in [5, 5.41) is 120. The van der Waals surface area contributed by atoms with Gasteiger partial charge in [0.15, 0.2) is 18.9 Å². The smallest absolute Gasteiger partial charge is 0.220 e. The topological polar surface area (TPSA) is 307 Å². The minimum absolute atomic E-state index is 0.250. The maximum Gasteiger partial charge on any atom is 0.220 e. The van der Waals surface area contributed by atoms with Gasteiger partial charge in [0.2, 0.25) is 5.91 Å². The summed E-state index contributed by atoms with van der Waals surface area (Å²) in [7, 11) is 0. The van der Waals surface area contributed by atoms with Crippen molar-refractivity contribution >= 4 is 5.91 Å². The van der Waals surface area contributed by atoms with Crippen molar-refractivity contribution in [3.8, 4) is 0 Å². The first-order valence-electron chi connectivity index (χ1n) is 34.4. The van der Waals surface area contributed by atoms with Crippen LogP contribution in [0.1, 0.15) is 271 Å². The van der Waals surface area contributed by atoms with Crippen molar-refractivity contribution in [2.24, 2.45) is 0 Å². The van der Waals surface area contributed by atoms with E-state index in [2.05, 4.69) is 19.2 Å². The van der Waals surface area contributed by atoms with E-state index >= 15 is 0 Å². The summed E-state index contributed by atoms with van der Waals surface area (Å²) >= 11 is 0. The Hall–Kier alpha value is -1.47. The predicted molar refractivity (Wildman–Crippen MR) is 328 cm³/mol. The number of aliphatic hydroxyl groups is 11. The highest BCUT2D eigenvalue weighted by Crippen LogP contribution is 2.33. The number of ether oxygens (including phenoxy) is 6. The number of amides is 1. The Morgan fingerprint density at radius 3 is 1.11 bits per heavy atom. The SMILES string of the molecule is CCCCCCCCCCCCCCCCCCC/C=C/C(O)C(COC1OC(CO)C(OC2OC(CO)C(OC3OC(CO)C(O)C(O)C3O)C(O)C2O)C(O)C1O)NC(=O)CCCCCCCCCCCCCCCCCCCCCCC. The molecule has 0 aliphatic carbocycles. The fraction of sp³-hybridized carbons (Fsp3) is 0.955. The van der Waals surface area contributed by atoms with E-state index in [1.165, 1.54) is 199 Å². The molecule has 3 aliphatic rings. The van der Waals surface area contributed by atoms with Gasteiger partial charge in [-0.15, -0.1) is 0 Å². The van der Waals surface area contributed by atoms with Gasteiger partial charge in [-0.25, -0.2) is 0 Å². The zero-order chi connectivity index (χ0) is 61.9. The predicted octanol–water partition coefficient (Wildman–Crippen LogP) is 8.50. The third-order valence-electron chi connectivity index (χ3n) is 17.6. The monoisotopic (exact) mass is 1220 g/mol. The highest BCUT2D eigenvalue weighted by atomic mass is 16.8. The molecule has 3 aliphatic heterocycles. The van der Waals surface area contributed by atoms with Crippen LogP contribution in [0.25, 0.3) is 0 Å². The van der Waals surface area contributed by atoms with E-state index in [4.69, 9.17) is 28.4 Å². The third-order valence-corrected chi connectivity index (χ3v) is 17.6. The van der Waals surface area contributed by atoms with E-state index in [1.54, 1.807) is 6.08 Å². The maximum atomic E-state index is 13.4. The number of allylic oxidation sites excluding steroid dienone is 1. The largest absolute Gasteiger partial charge is 0.394 e. The molecule has 0 aromatic carbocycles. The molecule has 0 spiro atoms. The van der Waals surface area contributed by atoms with Crippen molar-refractivity contribution < 1.29 is 89.4 Å². The van der Waals surface area contributed by atoms with E-state index in [9.17, 15) is 61.0 Å². The zero-order valence-electron chi connectivity index (χ0n) is 52.9. The van der Waals surface area contributed by atoms with Crippen molar-refractivity contribution in [3.63, 3.8) is 0 Å². The Balaban J connectivity index is 1.45. The molecule has 0 bridgehead atoms. The molecule has 85 heavy (non-hydrogen) atoms. The molecule has 3 saturated heterocycles. The van der Waals surface area contributed by atoms with E-state index in [0.717, 1.165) is 44.9 Å². The van der Waals surface area contributed by atoms with Crippen molar-refractivity contribution in [3.05, 3.63) is 12.2 Å². The van der Waals surface area contributed by atoms with E-state index < -0.39 is 124 Å². The van der Waals surface area contributed by atoms with Crippen LogP contribution < -0.4 is 5.32 Å². The van der Waals surface area contributed by atoms with Gasteiger partial charge in [-0.2, -0.15) is 0 Å². The second-order valence-corrected chi connectivity index (χ2v) is 25.0. The van der Waals surface area contributed by atoms with Crippen LogP contribution in [0.15, 0.2) is 12.2 Å². The molecule has 12 N–H and O–H groups in total. The Morgan fingerprint density at radius 2 is 0.729 bits per heavy atom. The van der Waals surface area contributed by atoms with Crippen LogP contribution in [0.4, 0.5) is 0 Å². The number of unbranched alkanes of at least 4 members (excludes halogenated alkanes) is 37. The summed E-state index contributed by atoms with van der Waals surface area (Å²) in [6, 6.07) is -0.968. The molecule has 19 nitrogen and oxygen atoms in total. The number of carbonyl (C=O) groups excluding carboxylic acids is 1. The van der Waals surface area contributed by atoms with Gasteiger partial charge in [-0.3, -0.25) is 4.79 Å². The van der Waals surface area contributed by atoms with Crippen LogP contribution >= 0.6 is 0 Å². The first-order chi connectivity index (χ1) is 41.3. The van der Waals surface area contributed by atoms with Gasteiger partial charge in [0.1, 0.15) is 73.2 Å². The minimum atomic E-state index is -1.98. The van der Waals surface area contributed by atoms with Crippen LogP contribution in [0.2, 0.25) is 0 Å². The third kappa shape index (κ3) is 31.9. The minimum Gasteiger partial charge on any atom is -0.394 e. The molecule has 502 valence electrons. The number of nitrogens with one attached hydrogen (secondary N) is 1. The summed E-state index contributed by atoms with van der Waals surface area (Å²) < 4.78 is 34.4. The molecule has 3 heterocycles. The summed E-state index contributed by atoms with van der Waals surface area (Å²) in [6.45, 7) is 1.77. The second-order valence-electron chi connectivity index (χ2n) is 25.0. The standard InChI is InChI=1S/C66H125NO18/c1-3-5-7-9-11-13-15-17-19-21-23-24-26-28-30-32-34-36-38-40-42-44-54(72)67-49(50(71)43-41-39-37-35-33-31-29-27-25-22-20-18-16-14-12-10-8-6-4-2)48-80-64-60(78)57(75)62(52(46-69)82-64)85-66-61(79)58(76)63(53(47-70)83-66)84-65-59(77)56(74)55(73)51(45-68)81-65/h41,43,49-53,55-66,68-71,73-79H,3-40,42,44-48H2,1-2H3,(H,67,72)/b43-41+. The Labute approximate surface area is 512 Å². The molecule has 17 atom stereocenters. The van der Waals surface area contributed by atoms with Gasteiger partial charge in [0.25, 0.3) is 0 Å². The van der Waals surface area contributed by atoms with Crippen LogP contribution in [0.5, 0.6) is 0 Å². The quantitative estimate of drug-likeness (QED) is 0.0201. The fourth-order valence-electron chi connectivity index (χ4n) is 12.0. The van der Waals surface area contributed by atoms with Crippen LogP contribution in [0, 0.1) is 0 Å². The lowest BCUT2D eigenvalue weighted by molar-refractivity contribution is -0.379. The average molecular weight is 1220 g/mol. The van der Waals surface area contributed by atoms with Crippen molar-refractivity contribution in [1.29, 1.82) is 0 Å². The van der Waals surface area contributed by atoms with E-state index in [-0.39, 0.29) is 18.9 Å². The van der Waals surface area contributed by atoms with Crippen molar-refractivity contribution in [2.75, 3.05) is 26.4 Å². The molecule has 19 heteroatoms. The summed E-state index contributed by atoms with van der Waals surface area (Å²) in [6.07, 6.45) is 26.1. The molecule has 0 saturated carbocycles. The first-order valence-corrected chi connectivity index (χ1v) is 34.4. The lowest BCUT2D eigenvalue weighted by Gasteiger charge is -2.48. The fourth-order valence-corrected chi connectivity index (χ4v) is 12.0. The molecule has 17 unspecified atom stereocenters. The number of aliphatic hydroxyl groups excluding tert-OH is 11. The molecular formula is C66H125NO18. The summed E-state index contributed by atoms with van der Waals surface area (Å²) in [4.78, 5) is 13.4. The highest BCUT2D eigenvalue weighted by molar-refractivity contribution is 5.76. The van der Waals surface area contributed by atoms with Gasteiger partial charge in [-0.1, -0.05) is 257 Å². The Bertz CT molecular complexity index is 1600. The number of hydrogen-bond donors (Lipinski definition) is 12. The molecule has 0 aromatic rings. The molecule has 1 amide bonds. The number of carbonyl (C=O) groups is 1. The van der Waals surface area contributed by atoms with Crippen LogP contribution in [-0.2, 0) is 33.2 Å².